The highest BCUT2D eigenvalue weighted by Gasteiger charge is 2.68. The molecule has 2 aromatic rings. The van der Waals surface area contributed by atoms with Crippen molar-refractivity contribution in [2.45, 2.75) is 220 Å². The molecular formula is C60H93BN8O12. The molecule has 8 N–H and O–H groups in total. The molecule has 0 radical (unpaired) electrons. The maximum Gasteiger partial charge on any atom is 0.481 e. The maximum absolute atomic E-state index is 14.2. The quantitative estimate of drug-likeness (QED) is 0.0318. The molecule has 20 nitrogen and oxygen atoms in total. The van der Waals surface area contributed by atoms with Crippen molar-refractivity contribution in [1.82, 2.24) is 42.5 Å². The first-order valence-corrected chi connectivity index (χ1v) is 29.2. The molecule has 448 valence electrons. The van der Waals surface area contributed by atoms with Crippen LogP contribution in [0.1, 0.15) is 177 Å². The Morgan fingerprint density at radius 2 is 1.12 bits per heavy atom. The summed E-state index contributed by atoms with van der Waals surface area (Å²) >= 11 is 0. The van der Waals surface area contributed by atoms with E-state index in [1.807, 2.05) is 12.1 Å². The third-order valence-electron chi connectivity index (χ3n) is 15.6. The van der Waals surface area contributed by atoms with Crippen LogP contribution in [0.25, 0.3) is 11.1 Å². The summed E-state index contributed by atoms with van der Waals surface area (Å²) in [4.78, 5) is 107. The smallest absolute Gasteiger partial charge is 0.444 e. The zero-order valence-electron chi connectivity index (χ0n) is 50.3. The van der Waals surface area contributed by atoms with E-state index in [1.165, 1.54) is 19.4 Å². The lowest BCUT2D eigenvalue weighted by molar-refractivity contribution is -0.199. The van der Waals surface area contributed by atoms with Crippen molar-refractivity contribution in [3.8, 4) is 11.1 Å². The van der Waals surface area contributed by atoms with Crippen LogP contribution < -0.4 is 42.5 Å². The minimum atomic E-state index is -1.22. The normalized spacial score (nSPS) is 20.8. The molecule has 6 rings (SSSR count). The van der Waals surface area contributed by atoms with Gasteiger partial charge in [-0.05, 0) is 179 Å². The average molecular weight is 1130 g/mol. The van der Waals surface area contributed by atoms with Gasteiger partial charge >= 0.3 is 19.3 Å². The van der Waals surface area contributed by atoms with Crippen LogP contribution in [0.2, 0.25) is 0 Å². The molecule has 0 aromatic heterocycles. The van der Waals surface area contributed by atoms with Crippen LogP contribution >= 0.6 is 0 Å². The van der Waals surface area contributed by atoms with Gasteiger partial charge in [-0.25, -0.2) is 9.59 Å². The number of hydrogen-bond acceptors (Lipinski definition) is 12. The zero-order valence-corrected chi connectivity index (χ0v) is 50.3. The average Bonchev–Trinajstić information content (AvgIpc) is 3.90. The summed E-state index contributed by atoms with van der Waals surface area (Å²) in [6.07, 6.45) is 5.65. The minimum Gasteiger partial charge on any atom is -0.444 e. The van der Waals surface area contributed by atoms with Crippen LogP contribution in [0.15, 0.2) is 48.5 Å². The van der Waals surface area contributed by atoms with Gasteiger partial charge in [0.05, 0.1) is 17.6 Å². The molecule has 3 saturated carbocycles. The van der Waals surface area contributed by atoms with Crippen molar-refractivity contribution in [3.63, 3.8) is 0 Å². The number of carbonyl (C=O) groups excluding carboxylic acids is 8. The van der Waals surface area contributed by atoms with Gasteiger partial charge in [0.25, 0.3) is 5.91 Å². The van der Waals surface area contributed by atoms with Gasteiger partial charge in [0.1, 0.15) is 35.4 Å². The van der Waals surface area contributed by atoms with Gasteiger partial charge in [0, 0.05) is 32.1 Å². The van der Waals surface area contributed by atoms with Crippen molar-refractivity contribution in [2.24, 2.45) is 17.3 Å². The number of unbranched alkanes of at least 4 members (excludes halogenated alkanes) is 3. The summed E-state index contributed by atoms with van der Waals surface area (Å²) in [5.74, 6) is -3.14. The van der Waals surface area contributed by atoms with E-state index in [0.717, 1.165) is 43.2 Å². The fourth-order valence-electron chi connectivity index (χ4n) is 11.0. The van der Waals surface area contributed by atoms with Crippen LogP contribution in [0.4, 0.5) is 9.59 Å². The molecule has 0 spiro atoms. The van der Waals surface area contributed by atoms with Gasteiger partial charge in [-0.3, -0.25) is 28.8 Å². The number of carbonyl (C=O) groups is 8. The lowest BCUT2D eigenvalue weighted by Gasteiger charge is -2.64. The zero-order chi connectivity index (χ0) is 59.9. The predicted octanol–water partition coefficient (Wildman–Crippen LogP) is 6.96. The predicted molar refractivity (Wildman–Crippen MR) is 310 cm³/mol. The van der Waals surface area contributed by atoms with Crippen LogP contribution in [0, 0.1) is 17.3 Å². The van der Waals surface area contributed by atoms with E-state index in [-0.39, 0.29) is 56.3 Å². The third kappa shape index (κ3) is 19.7. The Bertz CT molecular complexity index is 2480. The van der Waals surface area contributed by atoms with Gasteiger partial charge in [-0.2, -0.15) is 0 Å². The summed E-state index contributed by atoms with van der Waals surface area (Å²) in [5, 5.41) is 22.1. The van der Waals surface area contributed by atoms with E-state index < -0.39 is 95.8 Å². The number of benzene rings is 2. The Morgan fingerprint density at radius 1 is 0.617 bits per heavy atom. The van der Waals surface area contributed by atoms with E-state index in [2.05, 4.69) is 94.5 Å². The lowest BCUT2D eigenvalue weighted by atomic mass is 9.43. The van der Waals surface area contributed by atoms with Crippen molar-refractivity contribution in [3.05, 3.63) is 59.7 Å². The molecule has 4 fully saturated rings. The Labute approximate surface area is 480 Å². The SMILES string of the molecule is CCCCc1ccc(-c2ccc(C(=O)NCCCC[C@H](NC(=O)[C@H](CCNC(=O)OC(C)(C)C)NC(C)=O)C(=O)N[C@@H](C)C(=O)N[C@@H](CCCCNC(=O)OC(C)(C)C)C(=O)N[C@@H](C)B3OC4C[C@@H]5C[C@@H](C5(C)C)[C@]4(C)O3)cc2)cc1. The first kappa shape index (κ1) is 65.6. The highest BCUT2D eigenvalue weighted by atomic mass is 16.7. The Balaban J connectivity index is 1.23. The molecule has 1 heterocycles. The summed E-state index contributed by atoms with van der Waals surface area (Å²) in [6.45, 7) is 24.2. The van der Waals surface area contributed by atoms with Crippen LogP contribution in [0.3, 0.4) is 0 Å². The maximum atomic E-state index is 14.2. The molecule has 21 heteroatoms. The van der Waals surface area contributed by atoms with Gasteiger partial charge in [-0.15, -0.1) is 0 Å². The number of aryl methyl sites for hydroxylation is 1. The van der Waals surface area contributed by atoms with E-state index >= 15 is 0 Å². The first-order chi connectivity index (χ1) is 38.0. The topological polar surface area (TPSA) is 270 Å². The molecule has 1 aliphatic heterocycles. The summed E-state index contributed by atoms with van der Waals surface area (Å²) in [7, 11) is -0.719. The van der Waals surface area contributed by atoms with Crippen molar-refractivity contribution in [1.29, 1.82) is 0 Å². The molecule has 1 unspecified atom stereocenters. The molecule has 9 atom stereocenters. The molecule has 3 aliphatic carbocycles. The van der Waals surface area contributed by atoms with E-state index in [4.69, 9.17) is 18.8 Å². The Morgan fingerprint density at radius 3 is 1.67 bits per heavy atom. The fourth-order valence-corrected chi connectivity index (χ4v) is 11.0. The number of nitrogens with one attached hydrogen (secondary N) is 8. The summed E-state index contributed by atoms with van der Waals surface area (Å²) in [6, 6.07) is 11.1. The third-order valence-corrected chi connectivity index (χ3v) is 15.6. The van der Waals surface area contributed by atoms with E-state index in [0.29, 0.717) is 43.1 Å². The minimum absolute atomic E-state index is 0.0483. The number of amides is 8. The summed E-state index contributed by atoms with van der Waals surface area (Å²) < 4.78 is 23.7. The number of rotatable bonds is 28. The number of hydrogen-bond donors (Lipinski definition) is 8. The van der Waals surface area contributed by atoms with Crippen molar-refractivity contribution >= 4 is 54.7 Å². The molecule has 2 aromatic carbocycles. The molecule has 81 heavy (non-hydrogen) atoms. The molecular weight excluding hydrogens is 1040 g/mol. The second-order valence-electron chi connectivity index (χ2n) is 25.0. The van der Waals surface area contributed by atoms with Crippen molar-refractivity contribution in [2.75, 3.05) is 19.6 Å². The molecule has 8 amide bonds. The largest absolute Gasteiger partial charge is 0.481 e. The molecule has 4 aliphatic rings. The lowest BCUT2D eigenvalue weighted by Crippen LogP contribution is -2.65. The molecule has 2 bridgehead atoms. The van der Waals surface area contributed by atoms with E-state index in [9.17, 15) is 38.4 Å². The van der Waals surface area contributed by atoms with E-state index in [1.54, 1.807) is 60.6 Å². The second-order valence-corrected chi connectivity index (χ2v) is 25.0. The standard InChI is InChI=1S/C60H93BN8O12/c1-14-15-20-40-23-25-41(26-24-40)42-27-29-43(30-28-42)51(72)62-32-18-16-21-45(69-54(75)47(67-39(4)70)31-34-64-56(77)79-58(8,9)10)52(73)65-37(2)50(71)68-46(22-17-19-33-63-55(76)78-57(5,6)7)53(74)66-38(3)61-80-49-36-44-35-48(59(44,11)12)60(49,13)81-61/h23-30,37-38,44-49H,14-22,31-36H2,1-13H3,(H,62,72)(H,63,76)(H,64,77)(H,65,73)(H,66,74)(H,67,70)(H,68,71)(H,69,75)/t37-,38-,44-,45-,46-,47-,48-,49?,60-/m0/s1. The summed E-state index contributed by atoms with van der Waals surface area (Å²) in [5.41, 5.74) is 1.97. The Hall–Kier alpha value is -6.22. The first-order valence-electron chi connectivity index (χ1n) is 29.2. The second kappa shape index (κ2) is 29.2. The number of alkyl carbamates (subject to hydrolysis) is 2. The van der Waals surface area contributed by atoms with Crippen LogP contribution in [-0.4, -0.2) is 127 Å². The fraction of sp³-hybridized carbons (Fsp3) is 0.667. The molecule has 1 saturated heterocycles. The highest BCUT2D eigenvalue weighted by molar-refractivity contribution is 6.47. The highest BCUT2D eigenvalue weighted by Crippen LogP contribution is 2.65. The van der Waals surface area contributed by atoms with Gasteiger partial charge in [-0.1, -0.05) is 63.6 Å². The van der Waals surface area contributed by atoms with Gasteiger partial charge < -0.3 is 61.3 Å². The van der Waals surface area contributed by atoms with Gasteiger partial charge in [0.2, 0.25) is 29.5 Å². The monoisotopic (exact) mass is 1130 g/mol. The van der Waals surface area contributed by atoms with Crippen LogP contribution in [-0.2, 0) is 49.2 Å². The Kier molecular flexibility index (Phi) is 23.6. The number of ether oxygens (including phenoxy) is 2. The van der Waals surface area contributed by atoms with Gasteiger partial charge in [0.15, 0.2) is 0 Å². The van der Waals surface area contributed by atoms with Crippen LogP contribution in [0.5, 0.6) is 0 Å². The van der Waals surface area contributed by atoms with Crippen molar-refractivity contribution < 1.29 is 57.1 Å².